The minimum absolute atomic E-state index is 0.0633. The first-order chi connectivity index (χ1) is 12.4. The van der Waals surface area contributed by atoms with Crippen LogP contribution in [0, 0.1) is 5.92 Å². The van der Waals surface area contributed by atoms with Crippen molar-refractivity contribution in [1.82, 2.24) is 13.5 Å². The van der Waals surface area contributed by atoms with Gasteiger partial charge in [-0.1, -0.05) is 30.7 Å². The molecule has 0 aliphatic carbocycles. The summed E-state index contributed by atoms with van der Waals surface area (Å²) >= 11 is 5.89. The number of nitrogens with zero attached hydrogens (tertiary/aromatic N) is 3. The molecule has 2 aliphatic heterocycles. The van der Waals surface area contributed by atoms with Crippen molar-refractivity contribution in [3.05, 3.63) is 34.9 Å². The van der Waals surface area contributed by atoms with Crippen molar-refractivity contribution < 1.29 is 13.2 Å². The molecule has 1 amide bonds. The summed E-state index contributed by atoms with van der Waals surface area (Å²) in [6.07, 6.45) is 2.83. The molecule has 3 rings (SSSR count). The predicted molar refractivity (Wildman–Crippen MR) is 102 cm³/mol. The van der Waals surface area contributed by atoms with Gasteiger partial charge in [0.05, 0.1) is 6.54 Å². The number of carbonyl (C=O) groups is 1. The second kappa shape index (κ2) is 8.25. The van der Waals surface area contributed by atoms with Crippen molar-refractivity contribution in [3.63, 3.8) is 0 Å². The maximum atomic E-state index is 12.9. The van der Waals surface area contributed by atoms with E-state index in [9.17, 15) is 13.2 Å². The topological polar surface area (TPSA) is 60.9 Å². The molecule has 0 bridgehead atoms. The monoisotopic (exact) mass is 399 g/mol. The first kappa shape index (κ1) is 19.6. The zero-order chi connectivity index (χ0) is 18.7. The molecule has 8 heteroatoms. The number of carbonyl (C=O) groups excluding carboxylic acids is 1. The van der Waals surface area contributed by atoms with Crippen LogP contribution < -0.4 is 0 Å². The fraction of sp³-hybridized carbons (Fsp3) is 0.611. The number of halogens is 1. The van der Waals surface area contributed by atoms with Gasteiger partial charge in [-0.2, -0.15) is 17.0 Å². The van der Waals surface area contributed by atoms with Crippen molar-refractivity contribution in [2.45, 2.75) is 32.7 Å². The van der Waals surface area contributed by atoms with E-state index in [0.717, 1.165) is 37.9 Å². The number of amides is 1. The minimum atomic E-state index is -3.63. The molecule has 2 saturated heterocycles. The zero-order valence-electron chi connectivity index (χ0n) is 15.1. The average molecular weight is 400 g/mol. The number of piperidine rings is 1. The molecule has 2 heterocycles. The molecule has 0 unspecified atom stereocenters. The quantitative estimate of drug-likeness (QED) is 0.780. The summed E-state index contributed by atoms with van der Waals surface area (Å²) in [6.45, 7) is 4.68. The van der Waals surface area contributed by atoms with E-state index in [2.05, 4.69) is 6.92 Å². The Hall–Kier alpha value is -1.15. The van der Waals surface area contributed by atoms with Gasteiger partial charge in [-0.15, -0.1) is 0 Å². The first-order valence-electron chi connectivity index (χ1n) is 9.13. The number of hydrogen-bond donors (Lipinski definition) is 0. The van der Waals surface area contributed by atoms with Crippen LogP contribution in [-0.2, 0) is 21.5 Å². The van der Waals surface area contributed by atoms with Crippen molar-refractivity contribution in [2.75, 3.05) is 32.7 Å². The van der Waals surface area contributed by atoms with Gasteiger partial charge in [0.1, 0.15) is 0 Å². The fourth-order valence-corrected chi connectivity index (χ4v) is 5.36. The van der Waals surface area contributed by atoms with Crippen LogP contribution in [0.5, 0.6) is 0 Å². The Balaban J connectivity index is 1.66. The molecule has 1 aromatic rings. The van der Waals surface area contributed by atoms with Crippen molar-refractivity contribution in [3.8, 4) is 0 Å². The van der Waals surface area contributed by atoms with E-state index < -0.39 is 10.2 Å². The number of rotatable bonds is 4. The van der Waals surface area contributed by atoms with Gasteiger partial charge in [-0.05, 0) is 42.9 Å². The number of likely N-dealkylation sites (tertiary alicyclic amines) is 1. The Kier molecular flexibility index (Phi) is 6.22. The predicted octanol–water partition coefficient (Wildman–Crippen LogP) is 2.35. The third kappa shape index (κ3) is 4.57. The van der Waals surface area contributed by atoms with Crippen LogP contribution >= 0.6 is 11.6 Å². The fourth-order valence-electron chi connectivity index (χ4n) is 3.60. The average Bonchev–Trinajstić information content (AvgIpc) is 2.60. The highest BCUT2D eigenvalue weighted by molar-refractivity contribution is 7.86. The second-order valence-corrected chi connectivity index (χ2v) is 9.61. The molecule has 0 saturated carbocycles. The Labute approximate surface area is 160 Å². The zero-order valence-corrected chi connectivity index (χ0v) is 16.7. The molecule has 2 aliphatic rings. The SMILES string of the molecule is C[C@H]1CCCN(C(=O)CN2CCCN(Cc3ccc(Cl)cc3)S2(=O)=O)C1. The molecule has 144 valence electrons. The lowest BCUT2D eigenvalue weighted by molar-refractivity contribution is -0.133. The van der Waals surface area contributed by atoms with Gasteiger partial charge < -0.3 is 4.90 Å². The first-order valence-corrected chi connectivity index (χ1v) is 10.9. The molecule has 0 N–H and O–H groups in total. The van der Waals surface area contributed by atoms with Crippen LogP contribution in [0.2, 0.25) is 5.02 Å². The summed E-state index contributed by atoms with van der Waals surface area (Å²) < 4.78 is 28.6. The molecule has 0 radical (unpaired) electrons. The molecule has 1 atom stereocenters. The van der Waals surface area contributed by atoms with Crippen LogP contribution in [0.4, 0.5) is 0 Å². The third-order valence-electron chi connectivity index (χ3n) is 5.06. The molecule has 1 aromatic carbocycles. The van der Waals surface area contributed by atoms with Crippen LogP contribution in [-0.4, -0.2) is 60.6 Å². The highest BCUT2D eigenvalue weighted by atomic mass is 35.5. The van der Waals surface area contributed by atoms with Crippen molar-refractivity contribution >= 4 is 27.7 Å². The van der Waals surface area contributed by atoms with Crippen molar-refractivity contribution in [2.24, 2.45) is 5.92 Å². The molecular weight excluding hydrogens is 374 g/mol. The normalized spacial score (nSPS) is 24.5. The summed E-state index contributed by atoms with van der Waals surface area (Å²) in [5.41, 5.74) is 0.885. The lowest BCUT2D eigenvalue weighted by Crippen LogP contribution is -2.53. The second-order valence-electron chi connectivity index (χ2n) is 7.24. The van der Waals surface area contributed by atoms with E-state index in [1.807, 2.05) is 17.0 Å². The van der Waals surface area contributed by atoms with E-state index in [-0.39, 0.29) is 12.5 Å². The smallest absolute Gasteiger partial charge is 0.282 e. The van der Waals surface area contributed by atoms with Crippen molar-refractivity contribution in [1.29, 1.82) is 0 Å². The Morgan fingerprint density at radius 1 is 1.12 bits per heavy atom. The Morgan fingerprint density at radius 2 is 1.81 bits per heavy atom. The number of benzene rings is 1. The van der Waals surface area contributed by atoms with Crippen LogP contribution in [0.3, 0.4) is 0 Å². The summed E-state index contributed by atoms with van der Waals surface area (Å²) in [6, 6.07) is 7.17. The third-order valence-corrected chi connectivity index (χ3v) is 7.24. The van der Waals surface area contributed by atoms with E-state index in [1.54, 1.807) is 12.1 Å². The van der Waals surface area contributed by atoms with Gasteiger partial charge >= 0.3 is 0 Å². The Bertz CT molecular complexity index is 739. The summed E-state index contributed by atoms with van der Waals surface area (Å²) in [5, 5.41) is 0.623. The minimum Gasteiger partial charge on any atom is -0.341 e. The van der Waals surface area contributed by atoms with E-state index in [1.165, 1.54) is 8.61 Å². The lowest BCUT2D eigenvalue weighted by atomic mass is 10.0. The standard InChI is InChI=1S/C18H26ClN3O3S/c1-15-4-2-9-20(12-15)18(23)14-22-11-3-10-21(26(22,24)25)13-16-5-7-17(19)8-6-16/h5-8,15H,2-4,9-14H2,1H3/t15-/m0/s1. The Morgan fingerprint density at radius 3 is 2.50 bits per heavy atom. The summed E-state index contributed by atoms with van der Waals surface area (Å²) in [5.74, 6) is 0.389. The molecule has 2 fully saturated rings. The van der Waals surface area contributed by atoms with Crippen LogP contribution in [0.15, 0.2) is 24.3 Å². The van der Waals surface area contributed by atoms with Gasteiger partial charge in [0.25, 0.3) is 10.2 Å². The molecule has 26 heavy (non-hydrogen) atoms. The van der Waals surface area contributed by atoms with Crippen LogP contribution in [0.1, 0.15) is 31.7 Å². The maximum Gasteiger partial charge on any atom is 0.282 e. The molecule has 0 spiro atoms. The highest BCUT2D eigenvalue weighted by Crippen LogP contribution is 2.21. The maximum absolute atomic E-state index is 12.9. The van der Waals surface area contributed by atoms with Gasteiger partial charge in [-0.3, -0.25) is 4.79 Å². The summed E-state index contributed by atoms with van der Waals surface area (Å²) in [4.78, 5) is 14.4. The largest absolute Gasteiger partial charge is 0.341 e. The van der Waals surface area contributed by atoms with E-state index >= 15 is 0 Å². The van der Waals surface area contributed by atoms with Gasteiger partial charge in [0, 0.05) is 37.7 Å². The van der Waals surface area contributed by atoms with Gasteiger partial charge in [0.15, 0.2) is 0 Å². The molecular formula is C18H26ClN3O3S. The highest BCUT2D eigenvalue weighted by Gasteiger charge is 2.35. The van der Waals surface area contributed by atoms with Gasteiger partial charge in [0.2, 0.25) is 5.91 Å². The van der Waals surface area contributed by atoms with Crippen LogP contribution in [0.25, 0.3) is 0 Å². The summed E-state index contributed by atoms with van der Waals surface area (Å²) in [7, 11) is -3.63. The number of hydrogen-bond acceptors (Lipinski definition) is 3. The van der Waals surface area contributed by atoms with E-state index in [0.29, 0.717) is 30.6 Å². The lowest BCUT2D eigenvalue weighted by Gasteiger charge is -2.36. The van der Waals surface area contributed by atoms with E-state index in [4.69, 9.17) is 11.6 Å². The molecule has 0 aromatic heterocycles. The molecule has 6 nitrogen and oxygen atoms in total. The van der Waals surface area contributed by atoms with Gasteiger partial charge in [-0.25, -0.2) is 0 Å².